The molecule has 0 aliphatic rings. The fraction of sp³-hybridized carbons (Fsp3) is 0.111. The quantitative estimate of drug-likeness (QED) is 0.821. The second-order valence-electron chi connectivity index (χ2n) is 2.84. The number of nitrogen functional groups attached to an aromatic ring is 1. The molecule has 0 aliphatic heterocycles. The lowest BCUT2D eigenvalue weighted by Gasteiger charge is -1.96. The number of anilines is 1. The average Bonchev–Trinajstić information content (AvgIpc) is 2.51. The van der Waals surface area contributed by atoms with Gasteiger partial charge in [0.05, 0.1) is 0 Å². The van der Waals surface area contributed by atoms with Crippen LogP contribution >= 0.6 is 11.3 Å². The molecule has 2 rings (SSSR count). The molecule has 2 N–H and O–H groups in total. The molecule has 3 nitrogen and oxygen atoms in total. The van der Waals surface area contributed by atoms with Gasteiger partial charge in [0.2, 0.25) is 5.13 Å². The van der Waals surface area contributed by atoms with E-state index in [1.807, 2.05) is 6.07 Å². The van der Waals surface area contributed by atoms with Gasteiger partial charge >= 0.3 is 0 Å². The fourth-order valence-electron chi connectivity index (χ4n) is 1.16. The summed E-state index contributed by atoms with van der Waals surface area (Å²) in [6, 6.07) is 6.42. The van der Waals surface area contributed by atoms with E-state index in [1.54, 1.807) is 6.07 Å². The highest BCUT2D eigenvalue weighted by Gasteiger charge is 2.02. The first-order valence-electron chi connectivity index (χ1n) is 4.06. The van der Waals surface area contributed by atoms with E-state index in [1.165, 1.54) is 23.5 Å². The van der Waals surface area contributed by atoms with Crippen molar-refractivity contribution in [2.45, 2.75) is 6.42 Å². The molecule has 0 radical (unpaired) electrons. The summed E-state index contributed by atoms with van der Waals surface area (Å²) in [6.45, 7) is 0. The molecule has 1 heterocycles. The zero-order chi connectivity index (χ0) is 9.97. The van der Waals surface area contributed by atoms with Gasteiger partial charge in [-0.05, 0) is 17.7 Å². The van der Waals surface area contributed by atoms with Crippen LogP contribution in [0.2, 0.25) is 0 Å². The Morgan fingerprint density at radius 2 is 2.21 bits per heavy atom. The molecular weight excluding hydrogens is 201 g/mol. The number of hydrogen-bond acceptors (Lipinski definition) is 4. The third-order valence-corrected chi connectivity index (χ3v) is 2.48. The van der Waals surface area contributed by atoms with Gasteiger partial charge in [-0.25, -0.2) is 4.39 Å². The molecule has 0 spiro atoms. The van der Waals surface area contributed by atoms with E-state index >= 15 is 0 Å². The van der Waals surface area contributed by atoms with Crippen molar-refractivity contribution < 1.29 is 4.39 Å². The minimum Gasteiger partial charge on any atom is -0.374 e. The van der Waals surface area contributed by atoms with Crippen molar-refractivity contribution in [1.29, 1.82) is 0 Å². The van der Waals surface area contributed by atoms with Crippen LogP contribution in [0, 0.1) is 5.82 Å². The van der Waals surface area contributed by atoms with Crippen molar-refractivity contribution in [2.24, 2.45) is 0 Å². The second kappa shape index (κ2) is 3.71. The molecule has 1 aromatic heterocycles. The second-order valence-corrected chi connectivity index (χ2v) is 3.93. The normalized spacial score (nSPS) is 10.4. The molecule has 72 valence electrons. The molecule has 2 aromatic rings. The van der Waals surface area contributed by atoms with Gasteiger partial charge in [-0.2, -0.15) is 0 Å². The largest absolute Gasteiger partial charge is 0.374 e. The lowest BCUT2D eigenvalue weighted by Crippen LogP contribution is -1.88. The SMILES string of the molecule is Nc1nnc(Cc2cccc(F)c2)s1. The highest BCUT2D eigenvalue weighted by molar-refractivity contribution is 7.15. The molecular formula is C9H8FN3S. The van der Waals surface area contributed by atoms with Crippen molar-refractivity contribution in [1.82, 2.24) is 10.2 Å². The van der Waals surface area contributed by atoms with Crippen LogP contribution in [0.4, 0.5) is 9.52 Å². The molecule has 1 aromatic carbocycles. The Labute approximate surface area is 84.4 Å². The Hall–Kier alpha value is -1.49. The Kier molecular flexibility index (Phi) is 2.41. The maximum Gasteiger partial charge on any atom is 0.203 e. The van der Waals surface area contributed by atoms with Gasteiger partial charge < -0.3 is 5.73 Å². The zero-order valence-corrected chi connectivity index (χ0v) is 8.09. The van der Waals surface area contributed by atoms with E-state index in [0.29, 0.717) is 11.6 Å². The van der Waals surface area contributed by atoms with E-state index in [2.05, 4.69) is 10.2 Å². The third-order valence-electron chi connectivity index (χ3n) is 1.73. The summed E-state index contributed by atoms with van der Waals surface area (Å²) >= 11 is 1.32. The molecule has 0 atom stereocenters. The predicted octanol–water partition coefficient (Wildman–Crippen LogP) is 1.85. The summed E-state index contributed by atoms with van der Waals surface area (Å²) in [4.78, 5) is 0. The van der Waals surface area contributed by atoms with Crippen molar-refractivity contribution >= 4 is 16.5 Å². The summed E-state index contributed by atoms with van der Waals surface area (Å²) in [7, 11) is 0. The van der Waals surface area contributed by atoms with Gasteiger partial charge in [-0.15, -0.1) is 10.2 Å². The lowest BCUT2D eigenvalue weighted by atomic mass is 10.1. The van der Waals surface area contributed by atoms with Crippen LogP contribution in [0.25, 0.3) is 0 Å². The summed E-state index contributed by atoms with van der Waals surface area (Å²) < 4.78 is 12.8. The molecule has 14 heavy (non-hydrogen) atoms. The molecule has 0 aliphatic carbocycles. The van der Waals surface area contributed by atoms with E-state index in [4.69, 9.17) is 5.73 Å². The van der Waals surface area contributed by atoms with Crippen LogP contribution in [0.5, 0.6) is 0 Å². The number of aromatic nitrogens is 2. The van der Waals surface area contributed by atoms with E-state index in [-0.39, 0.29) is 5.82 Å². The number of halogens is 1. The maximum absolute atomic E-state index is 12.8. The predicted molar refractivity (Wildman–Crippen MR) is 53.5 cm³/mol. The number of hydrogen-bond donors (Lipinski definition) is 1. The first-order chi connectivity index (χ1) is 6.74. The van der Waals surface area contributed by atoms with Gasteiger partial charge in [0, 0.05) is 6.42 Å². The average molecular weight is 209 g/mol. The summed E-state index contributed by atoms with van der Waals surface area (Å²) in [6.07, 6.45) is 0.576. The van der Waals surface area contributed by atoms with Crippen LogP contribution in [0.3, 0.4) is 0 Å². The monoisotopic (exact) mass is 209 g/mol. The van der Waals surface area contributed by atoms with E-state index in [0.717, 1.165) is 10.6 Å². The highest BCUT2D eigenvalue weighted by atomic mass is 32.1. The van der Waals surface area contributed by atoms with Gasteiger partial charge in [-0.3, -0.25) is 0 Å². The molecule has 5 heteroatoms. The zero-order valence-electron chi connectivity index (χ0n) is 7.27. The van der Waals surface area contributed by atoms with Gasteiger partial charge in [0.1, 0.15) is 10.8 Å². The van der Waals surface area contributed by atoms with Crippen LogP contribution in [-0.2, 0) is 6.42 Å². The minimum absolute atomic E-state index is 0.236. The Morgan fingerprint density at radius 3 is 2.86 bits per heavy atom. The van der Waals surface area contributed by atoms with Crippen molar-refractivity contribution in [3.63, 3.8) is 0 Å². The Balaban J connectivity index is 2.18. The van der Waals surface area contributed by atoms with Crippen LogP contribution in [0.15, 0.2) is 24.3 Å². The number of rotatable bonds is 2. The van der Waals surface area contributed by atoms with Crippen LogP contribution in [-0.4, -0.2) is 10.2 Å². The highest BCUT2D eigenvalue weighted by Crippen LogP contribution is 2.15. The van der Waals surface area contributed by atoms with Crippen molar-refractivity contribution in [3.05, 3.63) is 40.7 Å². The maximum atomic E-state index is 12.8. The number of benzene rings is 1. The van der Waals surface area contributed by atoms with Gasteiger partial charge in [0.15, 0.2) is 0 Å². The molecule has 0 saturated carbocycles. The smallest absolute Gasteiger partial charge is 0.203 e. The summed E-state index contributed by atoms with van der Waals surface area (Å²) in [5.41, 5.74) is 6.31. The van der Waals surface area contributed by atoms with Crippen LogP contribution in [0.1, 0.15) is 10.6 Å². The molecule has 0 bridgehead atoms. The summed E-state index contributed by atoms with van der Waals surface area (Å²) in [5, 5.41) is 8.79. The first-order valence-corrected chi connectivity index (χ1v) is 4.88. The molecule has 0 amide bonds. The lowest BCUT2D eigenvalue weighted by molar-refractivity contribution is 0.626. The molecule has 0 saturated heterocycles. The minimum atomic E-state index is -0.236. The van der Waals surface area contributed by atoms with Gasteiger partial charge in [-0.1, -0.05) is 23.5 Å². The van der Waals surface area contributed by atoms with Crippen molar-refractivity contribution in [3.8, 4) is 0 Å². The number of nitrogens with zero attached hydrogens (tertiary/aromatic N) is 2. The van der Waals surface area contributed by atoms with Gasteiger partial charge in [0.25, 0.3) is 0 Å². The van der Waals surface area contributed by atoms with Crippen molar-refractivity contribution in [2.75, 3.05) is 5.73 Å². The third kappa shape index (κ3) is 2.05. The molecule has 0 unspecified atom stereocenters. The standard InChI is InChI=1S/C9H8FN3S/c10-7-3-1-2-6(4-7)5-8-12-13-9(11)14-8/h1-4H,5H2,(H2,11,13). The van der Waals surface area contributed by atoms with Crippen LogP contribution < -0.4 is 5.73 Å². The Morgan fingerprint density at radius 1 is 1.36 bits per heavy atom. The Bertz CT molecular complexity index is 441. The first kappa shape index (κ1) is 9.08. The topological polar surface area (TPSA) is 51.8 Å². The van der Waals surface area contributed by atoms with E-state index < -0.39 is 0 Å². The fourth-order valence-corrected chi connectivity index (χ4v) is 1.80. The van der Waals surface area contributed by atoms with E-state index in [9.17, 15) is 4.39 Å². The number of nitrogens with two attached hydrogens (primary N) is 1. The summed E-state index contributed by atoms with van der Waals surface area (Å²) in [5.74, 6) is -0.236. The molecule has 0 fully saturated rings.